The Kier molecular flexibility index (Phi) is 4.32. The summed E-state index contributed by atoms with van der Waals surface area (Å²) in [6, 6.07) is 28.8. The van der Waals surface area contributed by atoms with E-state index in [1.54, 1.807) is 0 Å². The fourth-order valence-corrected chi connectivity index (χ4v) is 9.70. The lowest BCUT2D eigenvalue weighted by molar-refractivity contribution is 0.509. The first-order valence-corrected chi connectivity index (χ1v) is 13.9. The van der Waals surface area contributed by atoms with Crippen LogP contribution in [0.25, 0.3) is 27.8 Å². The minimum atomic E-state index is -1.88. The quantitative estimate of drug-likeness (QED) is 0.364. The molecule has 1 unspecified atom stereocenters. The second kappa shape index (κ2) is 6.69. The molecule has 0 saturated heterocycles. The van der Waals surface area contributed by atoms with Crippen molar-refractivity contribution in [2.45, 2.75) is 44.9 Å². The smallest absolute Gasteiger partial charge is 0.131 e. The lowest BCUT2D eigenvalue weighted by Crippen LogP contribution is -2.58. The molecule has 5 rings (SSSR count). The summed E-state index contributed by atoms with van der Waals surface area (Å²) < 4.78 is 2.48. The molecule has 3 heteroatoms. The van der Waals surface area contributed by atoms with Gasteiger partial charge in [-0.3, -0.25) is 0 Å². The molecule has 1 heterocycles. The zero-order valence-corrected chi connectivity index (χ0v) is 19.5. The number of aromatic nitrogens is 1. The maximum atomic E-state index is 4.06. The summed E-state index contributed by atoms with van der Waals surface area (Å²) in [6.07, 6.45) is 0. The van der Waals surface area contributed by atoms with Crippen molar-refractivity contribution in [1.29, 1.82) is 0 Å². The molecular formula is C27H30N2Si. The van der Waals surface area contributed by atoms with Crippen molar-refractivity contribution in [2.24, 2.45) is 0 Å². The molecule has 0 fully saturated rings. The van der Waals surface area contributed by atoms with E-state index in [0.29, 0.717) is 5.54 Å². The maximum Gasteiger partial charge on any atom is 0.131 e. The van der Waals surface area contributed by atoms with E-state index in [1.807, 2.05) is 0 Å². The maximum absolute atomic E-state index is 4.06. The number of nitrogens with one attached hydrogen (secondary N) is 1. The summed E-state index contributed by atoms with van der Waals surface area (Å²) in [5.41, 5.74) is 8.77. The van der Waals surface area contributed by atoms with Gasteiger partial charge in [-0.05, 0) is 50.1 Å². The summed E-state index contributed by atoms with van der Waals surface area (Å²) in [7, 11) is -1.88. The van der Waals surface area contributed by atoms with Crippen LogP contribution >= 0.6 is 0 Å². The van der Waals surface area contributed by atoms with Gasteiger partial charge in [-0.25, -0.2) is 0 Å². The minimum absolute atomic E-state index is 0.0885. The predicted octanol–water partition coefficient (Wildman–Crippen LogP) is 6.88. The Morgan fingerprint density at radius 2 is 1.43 bits per heavy atom. The zero-order chi connectivity index (χ0) is 21.1. The SMILES string of the molecule is CC(C)(C)N[Si](C)(C)C1c2ccccc2-c2c1c1ccccc1n2-c1ccccc1. The third kappa shape index (κ3) is 2.96. The fourth-order valence-electron chi connectivity index (χ4n) is 5.58. The van der Waals surface area contributed by atoms with Gasteiger partial charge in [0, 0.05) is 27.7 Å². The van der Waals surface area contributed by atoms with Crippen molar-refractivity contribution in [3.63, 3.8) is 0 Å². The fraction of sp³-hybridized carbons (Fsp3) is 0.259. The van der Waals surface area contributed by atoms with Crippen molar-refractivity contribution in [2.75, 3.05) is 0 Å². The summed E-state index contributed by atoms with van der Waals surface area (Å²) in [5.74, 6) is 0. The van der Waals surface area contributed by atoms with Gasteiger partial charge in [0.25, 0.3) is 0 Å². The first kappa shape index (κ1) is 19.3. The van der Waals surface area contributed by atoms with Crippen molar-refractivity contribution < 1.29 is 0 Å². The first-order valence-electron chi connectivity index (χ1n) is 10.9. The highest BCUT2D eigenvalue weighted by atomic mass is 28.3. The van der Waals surface area contributed by atoms with Crippen LogP contribution in [0.1, 0.15) is 37.4 Å². The molecule has 0 amide bonds. The minimum Gasteiger partial charge on any atom is -0.332 e. The predicted molar refractivity (Wildman–Crippen MR) is 131 cm³/mol. The molecule has 4 aromatic rings. The van der Waals surface area contributed by atoms with Gasteiger partial charge in [-0.2, -0.15) is 0 Å². The topological polar surface area (TPSA) is 17.0 Å². The number of fused-ring (bicyclic) bond motifs is 5. The van der Waals surface area contributed by atoms with Gasteiger partial charge < -0.3 is 9.55 Å². The molecule has 0 bridgehead atoms. The Labute approximate surface area is 180 Å². The van der Waals surface area contributed by atoms with E-state index < -0.39 is 8.24 Å². The van der Waals surface area contributed by atoms with E-state index in [1.165, 1.54) is 39.0 Å². The third-order valence-electron chi connectivity index (χ3n) is 6.16. The summed E-state index contributed by atoms with van der Waals surface area (Å²) in [4.78, 5) is 4.06. The van der Waals surface area contributed by atoms with E-state index in [9.17, 15) is 0 Å². The summed E-state index contributed by atoms with van der Waals surface area (Å²) >= 11 is 0. The lowest BCUT2D eigenvalue weighted by Gasteiger charge is -2.38. The van der Waals surface area contributed by atoms with Gasteiger partial charge in [0.05, 0.1) is 11.2 Å². The lowest BCUT2D eigenvalue weighted by atomic mass is 10.1. The van der Waals surface area contributed by atoms with Crippen molar-refractivity contribution in [3.05, 3.63) is 90.0 Å². The molecular weight excluding hydrogens is 380 g/mol. The molecule has 2 nitrogen and oxygen atoms in total. The molecule has 30 heavy (non-hydrogen) atoms. The Hall–Kier alpha value is -2.62. The normalized spacial score (nSPS) is 16.0. The molecule has 0 spiro atoms. The van der Waals surface area contributed by atoms with Gasteiger partial charge in [-0.1, -0.05) is 73.8 Å². The average molecular weight is 411 g/mol. The number of hydrogen-bond acceptors (Lipinski definition) is 1. The molecule has 0 saturated carbocycles. The van der Waals surface area contributed by atoms with Crippen LogP contribution < -0.4 is 4.98 Å². The van der Waals surface area contributed by atoms with Crippen LogP contribution in [0, 0.1) is 0 Å². The molecule has 1 N–H and O–H groups in total. The van der Waals surface area contributed by atoms with Gasteiger partial charge in [0.1, 0.15) is 8.24 Å². The Morgan fingerprint density at radius 1 is 0.800 bits per heavy atom. The Morgan fingerprint density at radius 3 is 2.17 bits per heavy atom. The molecule has 1 aliphatic carbocycles. The average Bonchev–Trinajstić information content (AvgIpc) is 3.20. The van der Waals surface area contributed by atoms with Crippen LogP contribution in [0.15, 0.2) is 78.9 Å². The van der Waals surface area contributed by atoms with Gasteiger partial charge in [-0.15, -0.1) is 0 Å². The number of para-hydroxylation sites is 2. The monoisotopic (exact) mass is 410 g/mol. The molecule has 1 atom stereocenters. The zero-order valence-electron chi connectivity index (χ0n) is 18.5. The van der Waals surface area contributed by atoms with Crippen molar-refractivity contribution >= 4 is 19.1 Å². The van der Waals surface area contributed by atoms with E-state index in [-0.39, 0.29) is 5.54 Å². The summed E-state index contributed by atoms with van der Waals surface area (Å²) in [5, 5.41) is 1.38. The third-order valence-corrected chi connectivity index (χ3v) is 9.60. The number of nitrogens with zero attached hydrogens (tertiary/aromatic N) is 1. The highest BCUT2D eigenvalue weighted by Crippen LogP contribution is 2.53. The van der Waals surface area contributed by atoms with E-state index >= 15 is 0 Å². The molecule has 1 aromatic heterocycles. The van der Waals surface area contributed by atoms with Crippen LogP contribution in [0.4, 0.5) is 0 Å². The number of rotatable bonds is 3. The van der Waals surface area contributed by atoms with Crippen molar-refractivity contribution in [3.8, 4) is 16.9 Å². The molecule has 0 radical (unpaired) electrons. The van der Waals surface area contributed by atoms with E-state index in [0.717, 1.165) is 0 Å². The van der Waals surface area contributed by atoms with E-state index in [2.05, 4.69) is 122 Å². The van der Waals surface area contributed by atoms with Crippen LogP contribution in [-0.4, -0.2) is 18.3 Å². The Balaban J connectivity index is 1.87. The highest BCUT2D eigenvalue weighted by molar-refractivity contribution is 6.77. The largest absolute Gasteiger partial charge is 0.332 e. The molecule has 3 aromatic carbocycles. The summed E-state index contributed by atoms with van der Waals surface area (Å²) in [6.45, 7) is 11.8. The molecule has 1 aliphatic rings. The van der Waals surface area contributed by atoms with Crippen LogP contribution in [-0.2, 0) is 0 Å². The van der Waals surface area contributed by atoms with Gasteiger partial charge in [0.15, 0.2) is 0 Å². The Bertz CT molecular complexity index is 1230. The van der Waals surface area contributed by atoms with Crippen LogP contribution in [0.3, 0.4) is 0 Å². The highest BCUT2D eigenvalue weighted by Gasteiger charge is 2.45. The molecule has 0 aliphatic heterocycles. The standard InChI is InChI=1S/C27H30N2Si/c1-27(2,3)28-30(4,5)26-21-16-10-9-15-20(21)25-24(26)22-17-11-12-18-23(22)29(25)19-13-7-6-8-14-19/h6-18,26,28H,1-5H3. The number of benzene rings is 3. The van der Waals surface area contributed by atoms with Crippen molar-refractivity contribution in [1.82, 2.24) is 9.55 Å². The van der Waals surface area contributed by atoms with Crippen LogP contribution in [0.5, 0.6) is 0 Å². The van der Waals surface area contributed by atoms with Gasteiger partial charge in [0.2, 0.25) is 0 Å². The first-order chi connectivity index (χ1) is 14.3. The second-order valence-electron chi connectivity index (χ2n) is 10.1. The second-order valence-corrected chi connectivity index (χ2v) is 14.3. The van der Waals surface area contributed by atoms with Crippen LogP contribution in [0.2, 0.25) is 13.1 Å². The number of hydrogen-bond donors (Lipinski definition) is 1. The van der Waals surface area contributed by atoms with E-state index in [4.69, 9.17) is 0 Å². The molecule has 152 valence electrons. The van der Waals surface area contributed by atoms with Gasteiger partial charge >= 0.3 is 0 Å².